The zero-order chi connectivity index (χ0) is 12.9. The number of fused-ring (bicyclic) bond motifs is 3. The molecule has 0 fully saturated rings. The molecule has 0 saturated carbocycles. The van der Waals surface area contributed by atoms with Crippen molar-refractivity contribution in [3.05, 3.63) is 22.5 Å². The van der Waals surface area contributed by atoms with Crippen molar-refractivity contribution in [2.75, 3.05) is 0 Å². The van der Waals surface area contributed by atoms with Gasteiger partial charge < -0.3 is 0 Å². The normalized spacial score (nSPS) is 20.3. The molecule has 2 nitrogen and oxygen atoms in total. The minimum absolute atomic E-state index is 0.402. The average Bonchev–Trinajstić information content (AvgIpc) is 2.84. The first-order chi connectivity index (χ1) is 8.50. The van der Waals surface area contributed by atoms with E-state index >= 15 is 0 Å². The van der Waals surface area contributed by atoms with Crippen LogP contribution in [0.3, 0.4) is 0 Å². The van der Waals surface area contributed by atoms with E-state index in [1.165, 1.54) is 23.4 Å². The van der Waals surface area contributed by atoms with Crippen LogP contribution in [0.5, 0.6) is 0 Å². The summed E-state index contributed by atoms with van der Waals surface area (Å²) < 4.78 is 2.28. The monoisotopic (exact) mass is 282 g/mol. The molecule has 0 bridgehead atoms. The van der Waals surface area contributed by atoms with E-state index in [9.17, 15) is 0 Å². The van der Waals surface area contributed by atoms with E-state index in [1.54, 1.807) is 0 Å². The summed E-state index contributed by atoms with van der Waals surface area (Å²) in [5.74, 6) is 1.33. The van der Waals surface area contributed by atoms with Crippen LogP contribution in [0.15, 0.2) is 6.20 Å². The molecule has 3 rings (SSSR count). The third-order valence-electron chi connectivity index (χ3n) is 4.13. The number of nitrogens with zero attached hydrogens (tertiary/aromatic N) is 2. The summed E-state index contributed by atoms with van der Waals surface area (Å²) >= 11 is 7.84. The van der Waals surface area contributed by atoms with Gasteiger partial charge in [0, 0.05) is 10.6 Å². The van der Waals surface area contributed by atoms with E-state index in [1.807, 2.05) is 17.5 Å². The summed E-state index contributed by atoms with van der Waals surface area (Å²) in [6, 6.07) is 0. The number of rotatable bonds is 1. The summed E-state index contributed by atoms with van der Waals surface area (Å²) in [5, 5.41) is 0. The third kappa shape index (κ3) is 1.88. The number of halogens is 1. The van der Waals surface area contributed by atoms with Crippen molar-refractivity contribution in [3.63, 3.8) is 0 Å². The molecule has 0 amide bonds. The Labute approximate surface area is 117 Å². The number of hydrogen-bond acceptors (Lipinski definition) is 2. The Hall–Kier alpha value is -0.540. The molecule has 1 aliphatic rings. The molecule has 2 heterocycles. The molecular weight excluding hydrogens is 264 g/mol. The number of imidazole rings is 1. The Kier molecular flexibility index (Phi) is 2.94. The van der Waals surface area contributed by atoms with Gasteiger partial charge in [0.1, 0.15) is 0 Å². The van der Waals surface area contributed by atoms with Crippen LogP contribution in [0.1, 0.15) is 43.5 Å². The Morgan fingerprint density at radius 2 is 2.28 bits per heavy atom. The lowest BCUT2D eigenvalue weighted by Gasteiger charge is -2.33. The summed E-state index contributed by atoms with van der Waals surface area (Å²) in [5.41, 5.74) is 3.00. The Morgan fingerprint density at radius 1 is 1.50 bits per heavy atom. The first-order valence-electron chi connectivity index (χ1n) is 6.53. The van der Waals surface area contributed by atoms with Gasteiger partial charge in [0.25, 0.3) is 0 Å². The van der Waals surface area contributed by atoms with E-state index < -0.39 is 0 Å². The number of alkyl halides is 1. The summed E-state index contributed by atoms with van der Waals surface area (Å²) in [7, 11) is 0. The first-order valence-corrected chi connectivity index (χ1v) is 7.88. The SMILES string of the molecule is CC(C)(C)C1CCc2c(sc3ncc(CCl)n23)C1. The second kappa shape index (κ2) is 4.24. The van der Waals surface area contributed by atoms with Crippen molar-refractivity contribution < 1.29 is 0 Å². The predicted octanol–water partition coefficient (Wildman–Crippen LogP) is 4.29. The van der Waals surface area contributed by atoms with Gasteiger partial charge in [0.2, 0.25) is 0 Å². The van der Waals surface area contributed by atoms with Crippen molar-refractivity contribution in [2.24, 2.45) is 11.3 Å². The molecule has 0 aliphatic heterocycles. The Morgan fingerprint density at radius 3 is 2.94 bits per heavy atom. The highest BCUT2D eigenvalue weighted by Gasteiger charge is 2.31. The van der Waals surface area contributed by atoms with Gasteiger partial charge in [-0.05, 0) is 30.6 Å². The zero-order valence-electron chi connectivity index (χ0n) is 11.2. The quantitative estimate of drug-likeness (QED) is 0.714. The molecular formula is C14H19ClN2S. The summed E-state index contributed by atoms with van der Waals surface area (Å²) in [6.45, 7) is 7.06. The second-order valence-corrected chi connectivity index (χ2v) is 7.61. The summed E-state index contributed by atoms with van der Waals surface area (Å²) in [4.78, 5) is 7.12. The zero-order valence-corrected chi connectivity index (χ0v) is 12.7. The molecule has 18 heavy (non-hydrogen) atoms. The smallest absolute Gasteiger partial charge is 0.194 e. The maximum Gasteiger partial charge on any atom is 0.194 e. The molecule has 2 aromatic heterocycles. The molecule has 4 heteroatoms. The molecule has 1 atom stereocenters. The van der Waals surface area contributed by atoms with Gasteiger partial charge in [-0.2, -0.15) is 0 Å². The first kappa shape index (κ1) is 12.5. The molecule has 0 saturated heterocycles. The standard InChI is InChI=1S/C14H19ClN2S/c1-14(2,3)9-4-5-11-12(6-9)18-13-16-8-10(7-15)17(11)13/h8-9H,4-7H2,1-3H3. The fourth-order valence-electron chi connectivity index (χ4n) is 2.90. The number of thiazole rings is 1. The molecule has 0 aromatic carbocycles. The highest BCUT2D eigenvalue weighted by atomic mass is 35.5. The van der Waals surface area contributed by atoms with Crippen LogP contribution >= 0.6 is 22.9 Å². The lowest BCUT2D eigenvalue weighted by molar-refractivity contribution is 0.216. The van der Waals surface area contributed by atoms with E-state index in [0.717, 1.165) is 23.0 Å². The molecule has 0 radical (unpaired) electrons. The van der Waals surface area contributed by atoms with Gasteiger partial charge in [-0.3, -0.25) is 4.40 Å². The van der Waals surface area contributed by atoms with Crippen LogP contribution < -0.4 is 0 Å². The van der Waals surface area contributed by atoms with Crippen LogP contribution in [-0.2, 0) is 18.7 Å². The maximum atomic E-state index is 5.99. The van der Waals surface area contributed by atoms with Crippen molar-refractivity contribution >= 4 is 27.9 Å². The van der Waals surface area contributed by atoms with Crippen molar-refractivity contribution in [2.45, 2.75) is 45.9 Å². The average molecular weight is 283 g/mol. The van der Waals surface area contributed by atoms with E-state index in [0.29, 0.717) is 11.3 Å². The van der Waals surface area contributed by atoms with Gasteiger partial charge >= 0.3 is 0 Å². The molecule has 2 aromatic rings. The fourth-order valence-corrected chi connectivity index (χ4v) is 4.33. The lowest BCUT2D eigenvalue weighted by Crippen LogP contribution is -2.26. The maximum absolute atomic E-state index is 5.99. The van der Waals surface area contributed by atoms with Crippen molar-refractivity contribution in [1.82, 2.24) is 9.38 Å². The van der Waals surface area contributed by atoms with E-state index in [-0.39, 0.29) is 0 Å². The van der Waals surface area contributed by atoms with Crippen molar-refractivity contribution in [3.8, 4) is 0 Å². The van der Waals surface area contributed by atoms with Gasteiger partial charge in [-0.1, -0.05) is 20.8 Å². The molecule has 0 spiro atoms. The highest BCUT2D eigenvalue weighted by Crippen LogP contribution is 2.40. The van der Waals surface area contributed by atoms with Gasteiger partial charge in [-0.15, -0.1) is 22.9 Å². The Balaban J connectivity index is 2.03. The number of aryl methyl sites for hydroxylation is 1. The third-order valence-corrected chi connectivity index (χ3v) is 5.52. The molecule has 0 N–H and O–H groups in total. The molecule has 98 valence electrons. The van der Waals surface area contributed by atoms with Gasteiger partial charge in [0.05, 0.1) is 17.8 Å². The van der Waals surface area contributed by atoms with E-state index in [4.69, 9.17) is 11.6 Å². The Bertz CT molecular complexity index is 576. The molecule has 1 aliphatic carbocycles. The minimum Gasteiger partial charge on any atom is -0.290 e. The summed E-state index contributed by atoms with van der Waals surface area (Å²) in [6.07, 6.45) is 5.56. The minimum atomic E-state index is 0.402. The van der Waals surface area contributed by atoms with Crippen LogP contribution in [0.2, 0.25) is 0 Å². The van der Waals surface area contributed by atoms with Crippen LogP contribution in [0, 0.1) is 11.3 Å². The highest BCUT2D eigenvalue weighted by molar-refractivity contribution is 7.17. The van der Waals surface area contributed by atoms with Crippen LogP contribution in [-0.4, -0.2) is 9.38 Å². The number of hydrogen-bond donors (Lipinski definition) is 0. The van der Waals surface area contributed by atoms with Crippen LogP contribution in [0.4, 0.5) is 0 Å². The van der Waals surface area contributed by atoms with E-state index in [2.05, 4.69) is 30.2 Å². The number of aromatic nitrogens is 2. The van der Waals surface area contributed by atoms with Gasteiger partial charge in [0.15, 0.2) is 4.96 Å². The largest absolute Gasteiger partial charge is 0.290 e. The molecule has 1 unspecified atom stereocenters. The lowest BCUT2D eigenvalue weighted by atomic mass is 9.73. The van der Waals surface area contributed by atoms with Crippen LogP contribution in [0.25, 0.3) is 4.96 Å². The predicted molar refractivity (Wildman–Crippen MR) is 77.6 cm³/mol. The second-order valence-electron chi connectivity index (χ2n) is 6.28. The van der Waals surface area contributed by atoms with Crippen molar-refractivity contribution in [1.29, 1.82) is 0 Å². The topological polar surface area (TPSA) is 17.3 Å². The fraction of sp³-hybridized carbons (Fsp3) is 0.643. The van der Waals surface area contributed by atoms with Gasteiger partial charge in [-0.25, -0.2) is 4.98 Å².